The average Bonchev–Trinajstić information content (AvgIpc) is 3.28. The van der Waals surface area contributed by atoms with E-state index in [2.05, 4.69) is 20.7 Å². The third-order valence-electron chi connectivity index (χ3n) is 4.57. The number of nitro groups is 1. The number of nitro benzene ring substituents is 1. The minimum atomic E-state index is -0.493. The second-order valence-corrected chi connectivity index (χ2v) is 8.30. The molecule has 9 nitrogen and oxygen atoms in total. The molecule has 0 unspecified atom stereocenters. The molecule has 0 bridgehead atoms. The number of thioether (sulfide) groups is 1. The molecule has 0 fully saturated rings. The fraction of sp³-hybridized carbons (Fsp3) is 0.0435. The largest absolute Gasteiger partial charge is 0.272 e. The molecule has 0 atom stereocenters. The van der Waals surface area contributed by atoms with E-state index in [9.17, 15) is 14.9 Å². The molecule has 3 aromatic carbocycles. The van der Waals surface area contributed by atoms with E-state index < -0.39 is 4.92 Å². The summed E-state index contributed by atoms with van der Waals surface area (Å²) in [5.41, 5.74) is 4.55. The summed E-state index contributed by atoms with van der Waals surface area (Å²) in [5, 5.41) is 24.5. The predicted molar refractivity (Wildman–Crippen MR) is 131 cm³/mol. The van der Waals surface area contributed by atoms with Crippen LogP contribution < -0.4 is 5.43 Å². The Kier molecular flexibility index (Phi) is 7.31. The first-order chi connectivity index (χ1) is 16.5. The van der Waals surface area contributed by atoms with Gasteiger partial charge in [0.05, 0.1) is 16.9 Å². The first kappa shape index (κ1) is 23.1. The first-order valence-electron chi connectivity index (χ1n) is 9.97. The van der Waals surface area contributed by atoms with Crippen molar-refractivity contribution in [1.29, 1.82) is 0 Å². The van der Waals surface area contributed by atoms with Gasteiger partial charge in [-0.05, 0) is 24.3 Å². The highest BCUT2D eigenvalue weighted by atomic mass is 35.5. The first-order valence-corrected chi connectivity index (χ1v) is 11.3. The smallest absolute Gasteiger partial charge is 0.270 e. The van der Waals surface area contributed by atoms with Gasteiger partial charge in [-0.3, -0.25) is 19.5 Å². The van der Waals surface area contributed by atoms with Crippen molar-refractivity contribution in [2.75, 3.05) is 5.75 Å². The molecule has 0 spiro atoms. The molecule has 0 radical (unpaired) electrons. The summed E-state index contributed by atoms with van der Waals surface area (Å²) in [6.45, 7) is 0. The van der Waals surface area contributed by atoms with Gasteiger partial charge in [0.15, 0.2) is 11.0 Å². The normalized spacial score (nSPS) is 11.0. The van der Waals surface area contributed by atoms with Gasteiger partial charge in [-0.15, -0.1) is 10.2 Å². The lowest BCUT2D eigenvalue weighted by molar-refractivity contribution is -0.384. The molecule has 170 valence electrons. The van der Waals surface area contributed by atoms with Crippen molar-refractivity contribution in [2.24, 2.45) is 5.10 Å². The molecule has 0 aliphatic carbocycles. The van der Waals surface area contributed by atoms with E-state index in [0.29, 0.717) is 21.6 Å². The number of amides is 1. The number of hydrogen-bond acceptors (Lipinski definition) is 7. The number of non-ortho nitro benzene ring substituents is 1. The molecule has 0 saturated carbocycles. The molecular weight excluding hydrogens is 476 g/mol. The Labute approximate surface area is 203 Å². The molecular formula is C23H17ClN6O3S. The Balaban J connectivity index is 1.48. The van der Waals surface area contributed by atoms with Gasteiger partial charge in [0, 0.05) is 34.0 Å². The van der Waals surface area contributed by atoms with Crippen molar-refractivity contribution in [2.45, 2.75) is 5.16 Å². The minimum Gasteiger partial charge on any atom is -0.272 e. The van der Waals surface area contributed by atoms with Crippen LogP contribution in [-0.2, 0) is 4.79 Å². The molecule has 0 aliphatic heterocycles. The molecule has 11 heteroatoms. The number of nitrogens with zero attached hydrogens (tertiary/aromatic N) is 5. The zero-order valence-corrected chi connectivity index (χ0v) is 19.1. The lowest BCUT2D eigenvalue weighted by atomic mass is 10.2. The molecule has 0 aliphatic rings. The van der Waals surface area contributed by atoms with Gasteiger partial charge in [0.2, 0.25) is 0 Å². The Bertz CT molecular complexity index is 1340. The van der Waals surface area contributed by atoms with Gasteiger partial charge in [-0.1, -0.05) is 65.8 Å². The van der Waals surface area contributed by atoms with Gasteiger partial charge in [-0.2, -0.15) is 5.10 Å². The van der Waals surface area contributed by atoms with E-state index in [1.807, 2.05) is 47.0 Å². The molecule has 1 amide bonds. The molecule has 1 aromatic heterocycles. The Hall–Kier alpha value is -4.02. The van der Waals surface area contributed by atoms with E-state index in [0.717, 1.165) is 11.3 Å². The summed E-state index contributed by atoms with van der Waals surface area (Å²) < 4.78 is 1.86. The Morgan fingerprint density at radius 2 is 1.85 bits per heavy atom. The molecule has 1 N–H and O–H groups in total. The SMILES string of the molecule is O=C(CSc1nnc(-c2ccccc2)n1-c1ccc(Cl)cc1)N/N=C/c1cccc([N+](=O)[O-])c1. The summed E-state index contributed by atoms with van der Waals surface area (Å²) in [5.74, 6) is 0.306. The number of benzene rings is 3. The minimum absolute atomic E-state index is 0.0345. The van der Waals surface area contributed by atoms with Crippen molar-refractivity contribution in [1.82, 2.24) is 20.2 Å². The number of halogens is 1. The highest BCUT2D eigenvalue weighted by molar-refractivity contribution is 7.99. The fourth-order valence-electron chi connectivity index (χ4n) is 3.02. The van der Waals surface area contributed by atoms with E-state index in [1.54, 1.807) is 24.3 Å². The van der Waals surface area contributed by atoms with Crippen LogP contribution in [0.1, 0.15) is 5.56 Å². The lowest BCUT2D eigenvalue weighted by Gasteiger charge is -2.10. The van der Waals surface area contributed by atoms with E-state index >= 15 is 0 Å². The summed E-state index contributed by atoms with van der Waals surface area (Å²) in [4.78, 5) is 22.7. The van der Waals surface area contributed by atoms with Gasteiger partial charge >= 0.3 is 0 Å². The average molecular weight is 493 g/mol. The van der Waals surface area contributed by atoms with E-state index in [4.69, 9.17) is 11.6 Å². The predicted octanol–water partition coefficient (Wildman–Crippen LogP) is 4.74. The number of carbonyl (C=O) groups excluding carboxylic acids is 1. The van der Waals surface area contributed by atoms with Crippen LogP contribution in [0.3, 0.4) is 0 Å². The Morgan fingerprint density at radius 1 is 1.09 bits per heavy atom. The van der Waals surface area contributed by atoms with Crippen molar-refractivity contribution < 1.29 is 9.72 Å². The zero-order chi connectivity index (χ0) is 23.9. The quantitative estimate of drug-likeness (QED) is 0.164. The maximum absolute atomic E-state index is 12.3. The second kappa shape index (κ2) is 10.7. The molecule has 34 heavy (non-hydrogen) atoms. The number of nitrogens with one attached hydrogen (secondary N) is 1. The number of hydrogen-bond donors (Lipinski definition) is 1. The molecule has 0 saturated heterocycles. The summed E-state index contributed by atoms with van der Waals surface area (Å²) in [6.07, 6.45) is 1.35. The van der Waals surface area contributed by atoms with Crippen LogP contribution in [0.15, 0.2) is 89.1 Å². The molecule has 1 heterocycles. The topological polar surface area (TPSA) is 115 Å². The van der Waals surface area contributed by atoms with Crippen molar-refractivity contribution in [3.8, 4) is 17.1 Å². The summed E-state index contributed by atoms with van der Waals surface area (Å²) in [7, 11) is 0. The maximum Gasteiger partial charge on any atom is 0.270 e. The standard InChI is InChI=1S/C23H17ClN6O3S/c24-18-9-11-19(12-10-18)29-22(17-6-2-1-3-7-17)27-28-23(29)34-15-21(31)26-25-14-16-5-4-8-20(13-16)30(32)33/h1-14H,15H2,(H,26,31)/b25-14+. The van der Waals surface area contributed by atoms with Crippen molar-refractivity contribution >= 4 is 41.2 Å². The third kappa shape index (κ3) is 5.66. The van der Waals surface area contributed by atoms with E-state index in [1.165, 1.54) is 30.1 Å². The maximum atomic E-state index is 12.3. The summed E-state index contributed by atoms with van der Waals surface area (Å²) >= 11 is 7.25. The zero-order valence-electron chi connectivity index (χ0n) is 17.5. The summed E-state index contributed by atoms with van der Waals surface area (Å²) in [6, 6.07) is 22.8. The van der Waals surface area contributed by atoms with Crippen LogP contribution in [0.4, 0.5) is 5.69 Å². The van der Waals surface area contributed by atoms with E-state index in [-0.39, 0.29) is 17.3 Å². The van der Waals surface area contributed by atoms with Crippen molar-refractivity contribution in [3.63, 3.8) is 0 Å². The molecule has 4 aromatic rings. The van der Waals surface area contributed by atoms with Gasteiger partial charge in [-0.25, -0.2) is 5.43 Å². The van der Waals surface area contributed by atoms with Crippen LogP contribution >= 0.6 is 23.4 Å². The number of aromatic nitrogens is 3. The highest BCUT2D eigenvalue weighted by Gasteiger charge is 2.17. The van der Waals surface area contributed by atoms with Crippen LogP contribution in [0.25, 0.3) is 17.1 Å². The van der Waals surface area contributed by atoms with Gasteiger partial charge < -0.3 is 0 Å². The third-order valence-corrected chi connectivity index (χ3v) is 5.75. The lowest BCUT2D eigenvalue weighted by Crippen LogP contribution is -2.20. The number of hydrazone groups is 1. The van der Waals surface area contributed by atoms with Crippen LogP contribution in [0, 0.1) is 10.1 Å². The van der Waals surface area contributed by atoms with Gasteiger partial charge in [0.25, 0.3) is 11.6 Å². The number of carbonyl (C=O) groups is 1. The van der Waals surface area contributed by atoms with Crippen LogP contribution in [0.2, 0.25) is 5.02 Å². The Morgan fingerprint density at radius 3 is 2.59 bits per heavy atom. The van der Waals surface area contributed by atoms with Crippen LogP contribution in [-0.4, -0.2) is 37.6 Å². The van der Waals surface area contributed by atoms with Crippen molar-refractivity contribution in [3.05, 3.63) is 99.6 Å². The molecule has 4 rings (SSSR count). The monoisotopic (exact) mass is 492 g/mol. The van der Waals surface area contributed by atoms with Crippen LogP contribution in [0.5, 0.6) is 0 Å². The number of rotatable bonds is 8. The highest BCUT2D eigenvalue weighted by Crippen LogP contribution is 2.28. The second-order valence-electron chi connectivity index (χ2n) is 6.92. The fourth-order valence-corrected chi connectivity index (χ4v) is 3.89. The van der Waals surface area contributed by atoms with Gasteiger partial charge in [0.1, 0.15) is 0 Å².